The van der Waals surface area contributed by atoms with Gasteiger partial charge in [-0.3, -0.25) is 0 Å². The lowest BCUT2D eigenvalue weighted by Crippen LogP contribution is -2.00. The van der Waals surface area contributed by atoms with Gasteiger partial charge in [0.1, 0.15) is 5.82 Å². The first-order valence-electron chi connectivity index (χ1n) is 6.40. The fourth-order valence-electron chi connectivity index (χ4n) is 1.97. The molecule has 0 aliphatic rings. The molecule has 3 nitrogen and oxygen atoms in total. The molecule has 4 heteroatoms. The van der Waals surface area contributed by atoms with Crippen molar-refractivity contribution < 1.29 is 0 Å². The van der Waals surface area contributed by atoms with Gasteiger partial charge in [-0.1, -0.05) is 30.3 Å². The van der Waals surface area contributed by atoms with Crippen molar-refractivity contribution in [1.82, 2.24) is 9.97 Å². The number of halogens is 1. The van der Waals surface area contributed by atoms with Gasteiger partial charge in [-0.05, 0) is 52.4 Å². The van der Waals surface area contributed by atoms with Crippen molar-refractivity contribution in [2.75, 3.05) is 5.32 Å². The quantitative estimate of drug-likeness (QED) is 0.668. The molecule has 3 aromatic rings. The van der Waals surface area contributed by atoms with Crippen molar-refractivity contribution in [1.29, 1.82) is 0 Å². The number of aromatic amines is 1. The van der Waals surface area contributed by atoms with Gasteiger partial charge in [0.25, 0.3) is 0 Å². The third-order valence-corrected chi connectivity index (χ3v) is 3.74. The van der Waals surface area contributed by atoms with Gasteiger partial charge in [0.15, 0.2) is 0 Å². The van der Waals surface area contributed by atoms with E-state index in [1.165, 1.54) is 3.57 Å². The van der Waals surface area contributed by atoms with Gasteiger partial charge < -0.3 is 10.3 Å². The lowest BCUT2D eigenvalue weighted by molar-refractivity contribution is 1.00. The summed E-state index contributed by atoms with van der Waals surface area (Å²) in [4.78, 5) is 7.75. The Morgan fingerprint density at radius 1 is 1.00 bits per heavy atom. The van der Waals surface area contributed by atoms with Crippen LogP contribution >= 0.6 is 22.6 Å². The number of aromatic nitrogens is 2. The number of rotatable bonds is 4. The van der Waals surface area contributed by atoms with E-state index in [1.807, 2.05) is 36.5 Å². The maximum atomic E-state index is 4.41. The van der Waals surface area contributed by atoms with Gasteiger partial charge in [0.2, 0.25) is 0 Å². The Labute approximate surface area is 131 Å². The number of nitrogens with one attached hydrogen (secondary N) is 2. The number of H-pyrrole nitrogens is 1. The third kappa shape index (κ3) is 3.19. The van der Waals surface area contributed by atoms with E-state index >= 15 is 0 Å². The molecule has 2 aromatic carbocycles. The van der Waals surface area contributed by atoms with Crippen LogP contribution in [0.15, 0.2) is 60.8 Å². The highest BCUT2D eigenvalue weighted by Crippen LogP contribution is 2.18. The number of hydrogen-bond donors (Lipinski definition) is 2. The van der Waals surface area contributed by atoms with Crippen LogP contribution in [0.1, 0.15) is 5.82 Å². The highest BCUT2D eigenvalue weighted by Gasteiger charge is 2.03. The summed E-state index contributed by atoms with van der Waals surface area (Å²) in [6, 6.07) is 18.5. The molecule has 1 aromatic heterocycles. The standard InChI is InChI=1S/C16H14IN3/c17-13-8-6-12(7-9-13)15-10-19-16(20-15)11-18-14-4-2-1-3-5-14/h1-10,18H,11H2,(H,19,20). The second kappa shape index (κ2) is 6.09. The normalized spacial score (nSPS) is 10.4. The molecule has 2 N–H and O–H groups in total. The van der Waals surface area contributed by atoms with Crippen LogP contribution in [0.4, 0.5) is 5.69 Å². The molecule has 0 bridgehead atoms. The van der Waals surface area contributed by atoms with Gasteiger partial charge in [-0.15, -0.1) is 0 Å². The van der Waals surface area contributed by atoms with Gasteiger partial charge in [-0.2, -0.15) is 0 Å². The summed E-state index contributed by atoms with van der Waals surface area (Å²) in [5.74, 6) is 0.933. The topological polar surface area (TPSA) is 40.7 Å². The highest BCUT2D eigenvalue weighted by molar-refractivity contribution is 14.1. The summed E-state index contributed by atoms with van der Waals surface area (Å²) in [6.45, 7) is 0.689. The summed E-state index contributed by atoms with van der Waals surface area (Å²) in [6.07, 6.45) is 1.88. The fourth-order valence-corrected chi connectivity index (χ4v) is 2.33. The van der Waals surface area contributed by atoms with Crippen molar-refractivity contribution in [2.24, 2.45) is 0 Å². The van der Waals surface area contributed by atoms with Crippen molar-refractivity contribution in [3.05, 3.63) is 70.2 Å². The van der Waals surface area contributed by atoms with Crippen LogP contribution in [0.25, 0.3) is 11.3 Å². The zero-order valence-electron chi connectivity index (χ0n) is 10.8. The molecule has 3 rings (SSSR count). The SMILES string of the molecule is Ic1ccc(-c2cnc(CNc3ccccc3)[nH]2)cc1. The minimum Gasteiger partial charge on any atom is -0.378 e. The monoisotopic (exact) mass is 375 g/mol. The highest BCUT2D eigenvalue weighted by atomic mass is 127. The summed E-state index contributed by atoms with van der Waals surface area (Å²) in [5.41, 5.74) is 3.30. The van der Waals surface area contributed by atoms with Crippen molar-refractivity contribution in [2.45, 2.75) is 6.54 Å². The third-order valence-electron chi connectivity index (χ3n) is 3.02. The molecule has 0 unspecified atom stereocenters. The molecule has 0 radical (unpaired) electrons. The van der Waals surface area contributed by atoms with E-state index in [-0.39, 0.29) is 0 Å². The average molecular weight is 375 g/mol. The second-order valence-electron chi connectivity index (χ2n) is 4.47. The Morgan fingerprint density at radius 3 is 2.50 bits per heavy atom. The molecule has 0 amide bonds. The molecular weight excluding hydrogens is 361 g/mol. The fraction of sp³-hybridized carbons (Fsp3) is 0.0625. The summed E-state index contributed by atoms with van der Waals surface area (Å²) in [5, 5.41) is 3.34. The van der Waals surface area contributed by atoms with Gasteiger partial charge >= 0.3 is 0 Å². The van der Waals surface area contributed by atoms with E-state index in [0.717, 1.165) is 22.8 Å². The van der Waals surface area contributed by atoms with E-state index < -0.39 is 0 Å². The maximum absolute atomic E-state index is 4.41. The van der Waals surface area contributed by atoms with Crippen LogP contribution in [-0.2, 0) is 6.54 Å². The zero-order valence-corrected chi connectivity index (χ0v) is 13.0. The minimum absolute atomic E-state index is 0.689. The second-order valence-corrected chi connectivity index (χ2v) is 5.72. The summed E-state index contributed by atoms with van der Waals surface area (Å²) >= 11 is 2.31. The predicted molar refractivity (Wildman–Crippen MR) is 90.5 cm³/mol. The Balaban J connectivity index is 1.69. The molecule has 0 aliphatic carbocycles. The van der Waals surface area contributed by atoms with E-state index in [4.69, 9.17) is 0 Å². The molecule has 100 valence electrons. The lowest BCUT2D eigenvalue weighted by atomic mass is 10.2. The number of nitrogens with zero attached hydrogens (tertiary/aromatic N) is 1. The molecule has 1 heterocycles. The van der Waals surface area contributed by atoms with Crippen LogP contribution in [0, 0.1) is 3.57 Å². The minimum atomic E-state index is 0.689. The van der Waals surface area contributed by atoms with Crippen LogP contribution in [0.5, 0.6) is 0 Å². The molecule has 0 aliphatic heterocycles. The number of para-hydroxylation sites is 1. The Bertz CT molecular complexity index is 674. The number of anilines is 1. The number of benzene rings is 2. The van der Waals surface area contributed by atoms with Crippen LogP contribution in [0.3, 0.4) is 0 Å². The molecule has 0 saturated carbocycles. The van der Waals surface area contributed by atoms with Crippen molar-refractivity contribution in [3.63, 3.8) is 0 Å². The Morgan fingerprint density at radius 2 is 1.75 bits per heavy atom. The largest absolute Gasteiger partial charge is 0.378 e. The van der Waals surface area contributed by atoms with Gasteiger partial charge in [-0.25, -0.2) is 4.98 Å². The smallest absolute Gasteiger partial charge is 0.125 e. The molecular formula is C16H14IN3. The van der Waals surface area contributed by atoms with E-state index in [0.29, 0.717) is 6.54 Å². The first kappa shape index (κ1) is 13.2. The van der Waals surface area contributed by atoms with Crippen LogP contribution in [-0.4, -0.2) is 9.97 Å². The molecule has 20 heavy (non-hydrogen) atoms. The predicted octanol–water partition coefficient (Wildman–Crippen LogP) is 4.29. The Hall–Kier alpha value is -1.82. The van der Waals surface area contributed by atoms with Crippen LogP contribution in [0.2, 0.25) is 0 Å². The zero-order chi connectivity index (χ0) is 13.8. The molecule has 0 fully saturated rings. The van der Waals surface area contributed by atoms with Gasteiger partial charge in [0, 0.05) is 9.26 Å². The van der Waals surface area contributed by atoms with E-state index in [2.05, 4.69) is 62.1 Å². The van der Waals surface area contributed by atoms with Crippen molar-refractivity contribution >= 4 is 28.3 Å². The van der Waals surface area contributed by atoms with Crippen molar-refractivity contribution in [3.8, 4) is 11.3 Å². The molecule has 0 atom stereocenters. The van der Waals surface area contributed by atoms with Crippen LogP contribution < -0.4 is 5.32 Å². The molecule has 0 saturated heterocycles. The maximum Gasteiger partial charge on any atom is 0.125 e. The molecule has 0 spiro atoms. The van der Waals surface area contributed by atoms with E-state index in [9.17, 15) is 0 Å². The summed E-state index contributed by atoms with van der Waals surface area (Å²) < 4.78 is 1.23. The first-order valence-corrected chi connectivity index (χ1v) is 7.48. The van der Waals surface area contributed by atoms with E-state index in [1.54, 1.807) is 0 Å². The van der Waals surface area contributed by atoms with Gasteiger partial charge in [0.05, 0.1) is 18.4 Å². The number of imidazole rings is 1. The average Bonchev–Trinajstić information content (AvgIpc) is 2.96. The summed E-state index contributed by atoms with van der Waals surface area (Å²) in [7, 11) is 0. The lowest BCUT2D eigenvalue weighted by Gasteiger charge is -2.03. The Kier molecular flexibility index (Phi) is 4.01. The number of hydrogen-bond acceptors (Lipinski definition) is 2. The first-order chi connectivity index (χ1) is 9.81.